The molecule has 0 aliphatic carbocycles. The van der Waals surface area contributed by atoms with E-state index in [0.29, 0.717) is 38.1 Å². The van der Waals surface area contributed by atoms with Crippen LogP contribution in [0.25, 0.3) is 33.1 Å². The van der Waals surface area contributed by atoms with Crippen molar-refractivity contribution in [2.45, 2.75) is 13.8 Å². The van der Waals surface area contributed by atoms with Gasteiger partial charge in [0.1, 0.15) is 0 Å². The van der Waals surface area contributed by atoms with Crippen LogP contribution in [0.5, 0.6) is 5.88 Å². The first-order valence-electron chi connectivity index (χ1n) is 10.3. The summed E-state index contributed by atoms with van der Waals surface area (Å²) >= 11 is 6.27. The van der Waals surface area contributed by atoms with Crippen molar-refractivity contribution < 1.29 is 9.90 Å². The summed E-state index contributed by atoms with van der Waals surface area (Å²) in [6, 6.07) is 20.7. The van der Waals surface area contributed by atoms with Crippen LogP contribution >= 0.6 is 11.6 Å². The predicted octanol–water partition coefficient (Wildman–Crippen LogP) is 7.28. The van der Waals surface area contributed by atoms with Gasteiger partial charge in [-0.1, -0.05) is 53.6 Å². The third-order valence-electron chi connectivity index (χ3n) is 5.46. The molecule has 0 atom stereocenters. The molecular formula is C26H19ClN4O2. The van der Waals surface area contributed by atoms with Crippen LogP contribution in [0.15, 0.2) is 77.0 Å². The molecule has 5 aromatic rings. The summed E-state index contributed by atoms with van der Waals surface area (Å²) in [6.07, 6.45) is 0. The molecule has 5 rings (SSSR count). The summed E-state index contributed by atoms with van der Waals surface area (Å²) in [7, 11) is 0. The summed E-state index contributed by atoms with van der Waals surface area (Å²) < 4.78 is 0. The van der Waals surface area contributed by atoms with Gasteiger partial charge in [0.05, 0.1) is 27.3 Å². The zero-order valence-electron chi connectivity index (χ0n) is 17.9. The number of nitrogens with zero attached hydrogens (tertiary/aromatic N) is 3. The topological polar surface area (TPSA) is 90.7 Å². The maximum absolute atomic E-state index is 13.2. The SMILES string of the molecule is Cc1ccc2nc(-c3ccccc3)cc(C(=O)N=Nc3c(O)[nH]c4c(Cl)cc(C)cc34)c2c1. The lowest BCUT2D eigenvalue weighted by molar-refractivity contribution is 0.0996. The highest BCUT2D eigenvalue weighted by molar-refractivity contribution is 6.35. The molecule has 0 aliphatic heterocycles. The fourth-order valence-electron chi connectivity index (χ4n) is 3.89. The van der Waals surface area contributed by atoms with Gasteiger partial charge in [-0.25, -0.2) is 4.98 Å². The zero-order chi connectivity index (χ0) is 23.1. The second-order valence-electron chi connectivity index (χ2n) is 7.94. The Morgan fingerprint density at radius 3 is 2.52 bits per heavy atom. The molecular weight excluding hydrogens is 436 g/mol. The van der Waals surface area contributed by atoms with Crippen molar-refractivity contribution in [3.8, 4) is 17.1 Å². The Bertz CT molecular complexity index is 1570. The first kappa shape index (κ1) is 20.8. The van der Waals surface area contributed by atoms with Crippen molar-refractivity contribution >= 4 is 45.0 Å². The third-order valence-corrected chi connectivity index (χ3v) is 5.76. The van der Waals surface area contributed by atoms with Gasteiger partial charge >= 0.3 is 0 Å². The van der Waals surface area contributed by atoms with Crippen molar-refractivity contribution in [2.24, 2.45) is 10.2 Å². The smallest absolute Gasteiger partial charge is 0.296 e. The van der Waals surface area contributed by atoms with E-state index in [1.165, 1.54) is 0 Å². The Morgan fingerprint density at radius 2 is 1.73 bits per heavy atom. The van der Waals surface area contributed by atoms with E-state index in [9.17, 15) is 9.90 Å². The largest absolute Gasteiger partial charge is 0.493 e. The van der Waals surface area contributed by atoms with Crippen LogP contribution in [-0.2, 0) is 0 Å². The lowest BCUT2D eigenvalue weighted by Gasteiger charge is -2.08. The summed E-state index contributed by atoms with van der Waals surface area (Å²) in [4.78, 5) is 20.8. The molecule has 0 fully saturated rings. The molecule has 2 heterocycles. The van der Waals surface area contributed by atoms with E-state index in [-0.39, 0.29) is 11.6 Å². The van der Waals surface area contributed by atoms with Gasteiger partial charge in [0.25, 0.3) is 5.91 Å². The fraction of sp³-hybridized carbons (Fsp3) is 0.0769. The molecule has 162 valence electrons. The van der Waals surface area contributed by atoms with Crippen molar-refractivity contribution in [1.82, 2.24) is 9.97 Å². The van der Waals surface area contributed by atoms with Crippen LogP contribution in [0, 0.1) is 13.8 Å². The normalized spacial score (nSPS) is 11.6. The number of carbonyl (C=O) groups excluding carboxylic acids is 1. The highest BCUT2D eigenvalue weighted by Crippen LogP contribution is 2.39. The van der Waals surface area contributed by atoms with Gasteiger partial charge in [0.15, 0.2) is 5.69 Å². The maximum Gasteiger partial charge on any atom is 0.296 e. The number of H-pyrrole nitrogens is 1. The van der Waals surface area contributed by atoms with Crippen LogP contribution in [0.3, 0.4) is 0 Å². The monoisotopic (exact) mass is 454 g/mol. The molecule has 0 radical (unpaired) electrons. The molecule has 0 saturated carbocycles. The number of aromatic nitrogens is 2. The number of aromatic amines is 1. The number of pyridine rings is 1. The average Bonchev–Trinajstić information content (AvgIpc) is 3.12. The second-order valence-corrected chi connectivity index (χ2v) is 8.35. The van der Waals surface area contributed by atoms with E-state index in [2.05, 4.69) is 15.2 Å². The van der Waals surface area contributed by atoms with E-state index >= 15 is 0 Å². The lowest BCUT2D eigenvalue weighted by atomic mass is 10.0. The minimum Gasteiger partial charge on any atom is -0.493 e. The van der Waals surface area contributed by atoms with Crippen LogP contribution in [-0.4, -0.2) is 21.0 Å². The summed E-state index contributed by atoms with van der Waals surface area (Å²) in [6.45, 7) is 3.84. The number of aromatic hydroxyl groups is 1. The molecule has 33 heavy (non-hydrogen) atoms. The maximum atomic E-state index is 13.2. The number of nitrogens with one attached hydrogen (secondary N) is 1. The molecule has 0 aliphatic rings. The van der Waals surface area contributed by atoms with E-state index < -0.39 is 5.91 Å². The molecule has 1 amide bonds. The molecule has 6 nitrogen and oxygen atoms in total. The first-order chi connectivity index (χ1) is 15.9. The van der Waals surface area contributed by atoms with Crippen molar-refractivity contribution in [3.63, 3.8) is 0 Å². The van der Waals surface area contributed by atoms with E-state index in [1.54, 1.807) is 12.1 Å². The van der Waals surface area contributed by atoms with Gasteiger partial charge in [0.2, 0.25) is 5.88 Å². The third kappa shape index (κ3) is 3.85. The van der Waals surface area contributed by atoms with E-state index in [1.807, 2.05) is 68.4 Å². The molecule has 2 N–H and O–H groups in total. The number of carbonyl (C=O) groups is 1. The Kier molecular flexibility index (Phi) is 5.15. The Hall–Kier alpha value is -4.03. The quantitative estimate of drug-likeness (QED) is 0.280. The van der Waals surface area contributed by atoms with Crippen LogP contribution in [0.2, 0.25) is 5.02 Å². The van der Waals surface area contributed by atoms with Crippen molar-refractivity contribution in [1.29, 1.82) is 0 Å². The number of azo groups is 1. The highest BCUT2D eigenvalue weighted by Gasteiger charge is 2.17. The van der Waals surface area contributed by atoms with Gasteiger partial charge in [-0.2, -0.15) is 0 Å². The number of hydrogen-bond acceptors (Lipinski definition) is 4. The number of rotatable bonds is 3. The number of aryl methyl sites for hydroxylation is 2. The minimum absolute atomic E-state index is 0.168. The van der Waals surface area contributed by atoms with Gasteiger partial charge in [-0.05, 0) is 49.7 Å². The predicted molar refractivity (Wildman–Crippen MR) is 130 cm³/mol. The second kappa shape index (κ2) is 8.15. The molecule has 0 spiro atoms. The Morgan fingerprint density at radius 1 is 0.970 bits per heavy atom. The average molecular weight is 455 g/mol. The Labute approximate surface area is 194 Å². The molecule has 2 aromatic heterocycles. The van der Waals surface area contributed by atoms with Gasteiger partial charge in [-0.15, -0.1) is 10.2 Å². The summed E-state index contributed by atoms with van der Waals surface area (Å²) in [5, 5.41) is 20.1. The number of halogens is 1. The number of fused-ring (bicyclic) bond motifs is 2. The number of hydrogen-bond donors (Lipinski definition) is 2. The van der Waals surface area contributed by atoms with Crippen molar-refractivity contribution in [3.05, 3.63) is 88.4 Å². The molecule has 0 saturated heterocycles. The molecule has 0 bridgehead atoms. The molecule has 7 heteroatoms. The van der Waals surface area contributed by atoms with Gasteiger partial charge < -0.3 is 10.1 Å². The fourth-order valence-corrected chi connectivity index (χ4v) is 4.21. The standard InChI is InChI=1S/C26H19ClN4O2/c1-14-8-9-21-17(10-14)18(13-22(28-21)16-6-4-3-5-7-16)25(32)31-30-24-19-11-15(2)12-20(27)23(19)29-26(24)33/h3-13,29,33H,1-2H3. The summed E-state index contributed by atoms with van der Waals surface area (Å²) in [5.41, 5.74) is 5.25. The van der Waals surface area contributed by atoms with E-state index in [4.69, 9.17) is 16.6 Å². The Balaban J connectivity index is 1.63. The lowest BCUT2D eigenvalue weighted by Crippen LogP contribution is -1.99. The highest BCUT2D eigenvalue weighted by atomic mass is 35.5. The van der Waals surface area contributed by atoms with Crippen LogP contribution in [0.1, 0.15) is 21.5 Å². The molecule has 3 aromatic carbocycles. The van der Waals surface area contributed by atoms with Crippen LogP contribution in [0.4, 0.5) is 5.69 Å². The molecule has 0 unspecified atom stereocenters. The number of benzene rings is 3. The zero-order valence-corrected chi connectivity index (χ0v) is 18.7. The van der Waals surface area contributed by atoms with Gasteiger partial charge in [-0.3, -0.25) is 4.79 Å². The van der Waals surface area contributed by atoms with Crippen LogP contribution < -0.4 is 0 Å². The summed E-state index contributed by atoms with van der Waals surface area (Å²) in [5.74, 6) is -0.730. The number of amides is 1. The van der Waals surface area contributed by atoms with Gasteiger partial charge in [0, 0.05) is 16.3 Å². The minimum atomic E-state index is -0.530. The first-order valence-corrected chi connectivity index (χ1v) is 10.7. The van der Waals surface area contributed by atoms with E-state index in [0.717, 1.165) is 16.7 Å². The van der Waals surface area contributed by atoms with Crippen molar-refractivity contribution in [2.75, 3.05) is 0 Å².